The number of carbonyl (C=O) groups is 1. The Morgan fingerprint density at radius 2 is 1.92 bits per heavy atom. The van der Waals surface area contributed by atoms with Crippen LogP contribution in [0, 0.1) is 11.3 Å². The van der Waals surface area contributed by atoms with E-state index in [0.29, 0.717) is 35.1 Å². The third-order valence-corrected chi connectivity index (χ3v) is 6.11. The predicted octanol–water partition coefficient (Wildman–Crippen LogP) is 2.35. The molecule has 0 unspecified atom stereocenters. The lowest BCUT2D eigenvalue weighted by molar-refractivity contribution is -0.122. The van der Waals surface area contributed by atoms with Gasteiger partial charge in [0.1, 0.15) is 11.8 Å². The Labute approximate surface area is 227 Å². The predicted molar refractivity (Wildman–Crippen MR) is 143 cm³/mol. The molecule has 1 amide bonds. The van der Waals surface area contributed by atoms with Gasteiger partial charge in [0.2, 0.25) is 11.7 Å². The van der Waals surface area contributed by atoms with Gasteiger partial charge in [-0.15, -0.1) is 12.4 Å². The van der Waals surface area contributed by atoms with Gasteiger partial charge < -0.3 is 24.8 Å². The second-order valence-electron chi connectivity index (χ2n) is 9.31. The van der Waals surface area contributed by atoms with E-state index in [-0.39, 0.29) is 44.1 Å². The van der Waals surface area contributed by atoms with Crippen LogP contribution < -0.4 is 10.1 Å². The fourth-order valence-electron chi connectivity index (χ4n) is 4.19. The zero-order valence-electron chi connectivity index (χ0n) is 21.4. The van der Waals surface area contributed by atoms with Crippen LogP contribution in [0.15, 0.2) is 40.9 Å². The highest BCUT2D eigenvalue weighted by Crippen LogP contribution is 2.29. The van der Waals surface area contributed by atoms with Gasteiger partial charge in [-0.2, -0.15) is 10.2 Å². The lowest BCUT2D eigenvalue weighted by atomic mass is 10.00. The number of amides is 1. The highest BCUT2D eigenvalue weighted by molar-refractivity contribution is 5.85. The van der Waals surface area contributed by atoms with Gasteiger partial charge in [0.05, 0.1) is 30.9 Å². The number of nitriles is 1. The van der Waals surface area contributed by atoms with E-state index in [4.69, 9.17) is 14.4 Å². The molecule has 1 aliphatic rings. The van der Waals surface area contributed by atoms with E-state index in [2.05, 4.69) is 38.6 Å². The van der Waals surface area contributed by atoms with Crippen LogP contribution in [0.2, 0.25) is 0 Å². The van der Waals surface area contributed by atoms with Crippen molar-refractivity contribution in [2.24, 2.45) is 0 Å². The monoisotopic (exact) mass is 541 g/mol. The summed E-state index contributed by atoms with van der Waals surface area (Å²) in [6, 6.07) is 13.5. The molecule has 1 aliphatic heterocycles. The highest BCUT2D eigenvalue weighted by atomic mass is 35.5. The quantitative estimate of drug-likeness (QED) is 0.371. The second-order valence-corrected chi connectivity index (χ2v) is 9.31. The molecule has 4 rings (SSSR count). The molecule has 11 heteroatoms. The molecule has 0 spiro atoms. The van der Waals surface area contributed by atoms with E-state index in [0.717, 1.165) is 24.9 Å². The summed E-state index contributed by atoms with van der Waals surface area (Å²) in [6.07, 6.45) is 0.578. The minimum atomic E-state index is -0.951. The zero-order chi connectivity index (χ0) is 26.4. The first-order valence-corrected chi connectivity index (χ1v) is 12.3. The van der Waals surface area contributed by atoms with Crippen molar-refractivity contribution in [2.75, 3.05) is 32.8 Å². The van der Waals surface area contributed by atoms with Crippen LogP contribution in [0.25, 0.3) is 22.8 Å². The molecule has 2 heterocycles. The fourth-order valence-corrected chi connectivity index (χ4v) is 4.19. The summed E-state index contributed by atoms with van der Waals surface area (Å²) in [7, 11) is 0. The van der Waals surface area contributed by atoms with E-state index in [1.54, 1.807) is 18.2 Å². The number of aromatic nitrogens is 2. The largest absolute Gasteiger partial charge is 0.490 e. The van der Waals surface area contributed by atoms with E-state index < -0.39 is 6.10 Å². The number of nitrogens with zero attached hydrogens (tertiary/aromatic N) is 4. The molecular weight excluding hydrogens is 510 g/mol. The van der Waals surface area contributed by atoms with Crippen molar-refractivity contribution in [3.05, 3.63) is 53.1 Å². The Morgan fingerprint density at radius 3 is 2.63 bits per heavy atom. The third-order valence-electron chi connectivity index (χ3n) is 6.11. The third kappa shape index (κ3) is 7.30. The molecule has 0 aliphatic carbocycles. The average Bonchev–Trinajstić information content (AvgIpc) is 3.30. The molecule has 1 aromatic heterocycles. The summed E-state index contributed by atoms with van der Waals surface area (Å²) < 4.78 is 11.2. The van der Waals surface area contributed by atoms with Gasteiger partial charge in [-0.1, -0.05) is 17.3 Å². The summed E-state index contributed by atoms with van der Waals surface area (Å²) in [5, 5.41) is 34.6. The number of aliphatic hydroxyl groups excluding tert-OH is 2. The Kier molecular flexibility index (Phi) is 10.2. The molecule has 0 saturated heterocycles. The number of ether oxygens (including phenoxy) is 1. The first kappa shape index (κ1) is 29.1. The van der Waals surface area contributed by atoms with Gasteiger partial charge in [-0.25, -0.2) is 0 Å². The maximum absolute atomic E-state index is 12.2. The fraction of sp³-hybridized carbons (Fsp3) is 0.407. The average molecular weight is 542 g/mol. The molecular formula is C27H32ClN5O5. The maximum Gasteiger partial charge on any atom is 0.258 e. The lowest BCUT2D eigenvalue weighted by Gasteiger charge is -2.19. The molecule has 2 aromatic carbocycles. The topological polar surface area (TPSA) is 145 Å². The Morgan fingerprint density at radius 1 is 1.18 bits per heavy atom. The van der Waals surface area contributed by atoms with Crippen LogP contribution in [-0.4, -0.2) is 76.2 Å². The molecule has 38 heavy (non-hydrogen) atoms. The number of rotatable bonds is 9. The van der Waals surface area contributed by atoms with E-state index >= 15 is 0 Å². The van der Waals surface area contributed by atoms with E-state index in [9.17, 15) is 15.2 Å². The minimum Gasteiger partial charge on any atom is -0.490 e. The summed E-state index contributed by atoms with van der Waals surface area (Å²) in [5.41, 5.74) is 4.26. The number of carbonyl (C=O) groups excluding carboxylic acids is 1. The first-order valence-electron chi connectivity index (χ1n) is 12.3. The van der Waals surface area contributed by atoms with Crippen molar-refractivity contribution >= 4 is 18.3 Å². The number of benzene rings is 2. The molecule has 0 bridgehead atoms. The lowest BCUT2D eigenvalue weighted by Crippen LogP contribution is -2.41. The molecule has 0 saturated carbocycles. The summed E-state index contributed by atoms with van der Waals surface area (Å²) in [4.78, 5) is 18.8. The number of fused-ring (bicyclic) bond motifs is 1. The van der Waals surface area contributed by atoms with Crippen molar-refractivity contribution in [3.8, 4) is 34.7 Å². The standard InChI is InChI=1S/C27H31N5O5.ClH/c1-17(2)36-24-6-5-21(12-22(24)13-28)27-30-26(31-37-27)20-4-3-18-7-9-32(10-8-19(18)11-20)15-25(35)29-14-23(34)16-33;/h3-6,11-12,17,23,33-34H,7-10,14-16H2,1-2H3,(H,29,35);1H/t23-;/m0./s1. The Balaban J connectivity index is 0.00000400. The summed E-state index contributed by atoms with van der Waals surface area (Å²) in [6.45, 7) is 5.15. The molecule has 3 aromatic rings. The number of aliphatic hydroxyl groups is 2. The number of hydrogen-bond acceptors (Lipinski definition) is 9. The maximum atomic E-state index is 12.2. The smallest absolute Gasteiger partial charge is 0.258 e. The van der Waals surface area contributed by atoms with Crippen LogP contribution in [0.5, 0.6) is 5.75 Å². The summed E-state index contributed by atoms with van der Waals surface area (Å²) >= 11 is 0. The molecule has 1 atom stereocenters. The number of hydrogen-bond donors (Lipinski definition) is 3. The van der Waals surface area contributed by atoms with Crippen LogP contribution in [-0.2, 0) is 17.6 Å². The first-order chi connectivity index (χ1) is 17.9. The van der Waals surface area contributed by atoms with Gasteiger partial charge in [-0.3, -0.25) is 9.69 Å². The van der Waals surface area contributed by atoms with E-state index in [1.165, 1.54) is 11.1 Å². The summed E-state index contributed by atoms with van der Waals surface area (Å²) in [5.74, 6) is 1.12. The van der Waals surface area contributed by atoms with Crippen molar-refractivity contribution in [1.82, 2.24) is 20.4 Å². The Hall–Kier alpha value is -3.49. The second kappa shape index (κ2) is 13.3. The molecule has 3 N–H and O–H groups in total. The zero-order valence-corrected chi connectivity index (χ0v) is 22.2. The molecule has 10 nitrogen and oxygen atoms in total. The molecule has 0 fully saturated rings. The van der Waals surface area contributed by atoms with Gasteiger partial charge in [-0.05, 0) is 62.1 Å². The van der Waals surface area contributed by atoms with Crippen LogP contribution in [0.3, 0.4) is 0 Å². The van der Waals surface area contributed by atoms with E-state index in [1.807, 2.05) is 19.9 Å². The van der Waals surface area contributed by atoms with Gasteiger partial charge >= 0.3 is 0 Å². The van der Waals surface area contributed by atoms with Gasteiger partial charge in [0.15, 0.2) is 0 Å². The minimum absolute atomic E-state index is 0. The van der Waals surface area contributed by atoms with Crippen molar-refractivity contribution < 1.29 is 24.3 Å². The SMILES string of the molecule is CC(C)Oc1ccc(-c2nc(-c3ccc4c(c3)CCN(CC(=O)NC[C@H](O)CO)CC4)no2)cc1C#N.Cl. The van der Waals surface area contributed by atoms with Crippen molar-refractivity contribution in [1.29, 1.82) is 5.26 Å². The normalized spacial score (nSPS) is 14.1. The van der Waals surface area contributed by atoms with Crippen LogP contribution >= 0.6 is 12.4 Å². The Bertz CT molecular complexity index is 1290. The van der Waals surface area contributed by atoms with Gasteiger partial charge in [0, 0.05) is 30.8 Å². The van der Waals surface area contributed by atoms with Gasteiger partial charge in [0.25, 0.3) is 5.89 Å². The van der Waals surface area contributed by atoms with Crippen LogP contribution in [0.4, 0.5) is 0 Å². The molecule has 0 radical (unpaired) electrons. The van der Waals surface area contributed by atoms with Crippen molar-refractivity contribution in [3.63, 3.8) is 0 Å². The van der Waals surface area contributed by atoms with Crippen molar-refractivity contribution in [2.45, 2.75) is 38.9 Å². The molecule has 202 valence electrons. The highest BCUT2D eigenvalue weighted by Gasteiger charge is 2.19. The number of nitrogens with one attached hydrogen (secondary N) is 1. The van der Waals surface area contributed by atoms with Crippen LogP contribution in [0.1, 0.15) is 30.5 Å². The number of halogens is 1.